The topological polar surface area (TPSA) is 89.4 Å². The number of aromatic amines is 1. The average Bonchev–Trinajstić information content (AvgIpc) is 3.11. The third kappa shape index (κ3) is 4.12. The molecule has 0 radical (unpaired) electrons. The highest BCUT2D eigenvalue weighted by Gasteiger charge is 2.24. The van der Waals surface area contributed by atoms with E-state index >= 15 is 0 Å². The van der Waals surface area contributed by atoms with Gasteiger partial charge < -0.3 is 25.5 Å². The lowest BCUT2D eigenvalue weighted by atomic mass is 9.89. The largest absolute Gasteiger partial charge is 0.493 e. The summed E-state index contributed by atoms with van der Waals surface area (Å²) in [5, 5.41) is 4.14. The number of fused-ring (bicyclic) bond motifs is 1. The average molecular weight is 381 g/mol. The van der Waals surface area contributed by atoms with Crippen LogP contribution in [0, 0.1) is 0 Å². The number of hydrogen-bond acceptors (Lipinski definition) is 4. The van der Waals surface area contributed by atoms with Gasteiger partial charge in [0.1, 0.15) is 0 Å². The molecule has 148 valence electrons. The van der Waals surface area contributed by atoms with Gasteiger partial charge in [-0.15, -0.1) is 0 Å². The zero-order valence-corrected chi connectivity index (χ0v) is 16.5. The second kappa shape index (κ2) is 8.80. The highest BCUT2D eigenvalue weighted by Crippen LogP contribution is 2.40. The minimum absolute atomic E-state index is 0.0679. The lowest BCUT2D eigenvalue weighted by Crippen LogP contribution is -2.33. The van der Waals surface area contributed by atoms with Crippen molar-refractivity contribution in [2.45, 2.75) is 25.3 Å². The van der Waals surface area contributed by atoms with Crippen LogP contribution >= 0.6 is 0 Å². The van der Waals surface area contributed by atoms with Gasteiger partial charge in [-0.1, -0.05) is 30.3 Å². The summed E-state index contributed by atoms with van der Waals surface area (Å²) in [7, 11) is 3.25. The number of benzene rings is 2. The van der Waals surface area contributed by atoms with E-state index in [9.17, 15) is 4.79 Å². The second-order valence-electron chi connectivity index (χ2n) is 6.91. The van der Waals surface area contributed by atoms with Gasteiger partial charge in [0, 0.05) is 47.6 Å². The summed E-state index contributed by atoms with van der Waals surface area (Å²) in [6, 6.07) is 13.7. The molecule has 6 heteroatoms. The smallest absolute Gasteiger partial charge is 0.221 e. The van der Waals surface area contributed by atoms with Crippen molar-refractivity contribution in [3.05, 3.63) is 59.8 Å². The van der Waals surface area contributed by atoms with Crippen LogP contribution in [0.15, 0.2) is 48.7 Å². The summed E-state index contributed by atoms with van der Waals surface area (Å²) in [5.41, 5.74) is 8.85. The predicted octanol–water partition coefficient (Wildman–Crippen LogP) is 3.17. The maximum absolute atomic E-state index is 12.2. The Morgan fingerprint density at radius 1 is 1.11 bits per heavy atom. The van der Waals surface area contributed by atoms with Gasteiger partial charge in [-0.3, -0.25) is 4.79 Å². The summed E-state index contributed by atoms with van der Waals surface area (Å²) in [4.78, 5) is 15.6. The Kier molecular flexibility index (Phi) is 6.21. The fourth-order valence-electron chi connectivity index (χ4n) is 3.54. The molecule has 0 aliphatic rings. The van der Waals surface area contributed by atoms with Gasteiger partial charge >= 0.3 is 0 Å². The van der Waals surface area contributed by atoms with Gasteiger partial charge in [-0.05, 0) is 24.6 Å². The van der Waals surface area contributed by atoms with Crippen LogP contribution in [0.4, 0.5) is 0 Å². The zero-order valence-electron chi connectivity index (χ0n) is 16.5. The summed E-state index contributed by atoms with van der Waals surface area (Å²) in [6.07, 6.45) is 2.28. The monoisotopic (exact) mass is 381 g/mol. The second-order valence-corrected chi connectivity index (χ2v) is 6.91. The number of ether oxygens (including phenoxy) is 2. The Morgan fingerprint density at radius 3 is 2.61 bits per heavy atom. The van der Waals surface area contributed by atoms with E-state index in [1.807, 2.05) is 49.5 Å². The minimum atomic E-state index is -0.183. The van der Waals surface area contributed by atoms with Gasteiger partial charge in [0.25, 0.3) is 0 Å². The first-order valence-corrected chi connectivity index (χ1v) is 9.34. The highest BCUT2D eigenvalue weighted by atomic mass is 16.5. The Morgan fingerprint density at radius 2 is 1.89 bits per heavy atom. The van der Waals surface area contributed by atoms with Crippen LogP contribution in [0.2, 0.25) is 0 Å². The third-order valence-electron chi connectivity index (χ3n) is 4.82. The Hall–Kier alpha value is -2.99. The molecule has 0 spiro atoms. The Bertz CT molecular complexity index is 949. The molecule has 2 aromatic carbocycles. The first kappa shape index (κ1) is 19.8. The molecule has 3 rings (SSSR count). The fraction of sp³-hybridized carbons (Fsp3) is 0.318. The number of aromatic nitrogens is 1. The van der Waals surface area contributed by atoms with E-state index in [0.29, 0.717) is 18.0 Å². The van der Waals surface area contributed by atoms with Crippen LogP contribution < -0.4 is 20.5 Å². The summed E-state index contributed by atoms with van der Waals surface area (Å²) >= 11 is 0. The number of rotatable bonds is 8. The molecular formula is C22H27N3O3. The number of carbonyl (C=O) groups excluding carboxylic acids is 1. The van der Waals surface area contributed by atoms with Crippen LogP contribution in [0.1, 0.15) is 30.4 Å². The summed E-state index contributed by atoms with van der Waals surface area (Å²) < 4.78 is 11.1. The van der Waals surface area contributed by atoms with E-state index in [-0.39, 0.29) is 24.3 Å². The molecule has 1 amide bonds. The van der Waals surface area contributed by atoms with Crippen LogP contribution in [0.25, 0.3) is 10.9 Å². The Labute approximate surface area is 165 Å². The first-order valence-electron chi connectivity index (χ1n) is 9.34. The molecule has 0 bridgehead atoms. The van der Waals surface area contributed by atoms with Gasteiger partial charge in [0.15, 0.2) is 11.5 Å². The van der Waals surface area contributed by atoms with Crippen molar-refractivity contribution >= 4 is 16.8 Å². The number of nitrogens with one attached hydrogen (secondary N) is 2. The van der Waals surface area contributed by atoms with E-state index in [0.717, 1.165) is 22.0 Å². The lowest BCUT2D eigenvalue weighted by molar-refractivity contribution is -0.121. The number of amides is 1. The van der Waals surface area contributed by atoms with Crippen molar-refractivity contribution in [1.82, 2.24) is 10.3 Å². The van der Waals surface area contributed by atoms with Crippen molar-refractivity contribution in [2.75, 3.05) is 20.8 Å². The van der Waals surface area contributed by atoms with E-state index in [1.165, 1.54) is 0 Å². The number of carbonyl (C=O) groups is 1. The van der Waals surface area contributed by atoms with Crippen molar-refractivity contribution in [2.24, 2.45) is 5.73 Å². The number of hydrogen-bond donors (Lipinski definition) is 3. The first-order chi connectivity index (χ1) is 13.5. The zero-order chi connectivity index (χ0) is 20.1. The summed E-state index contributed by atoms with van der Waals surface area (Å²) in [5.74, 6) is 1.15. The van der Waals surface area contributed by atoms with Gasteiger partial charge in [-0.25, -0.2) is 0 Å². The molecule has 3 aromatic rings. The molecule has 0 aliphatic heterocycles. The van der Waals surface area contributed by atoms with Crippen molar-refractivity contribution < 1.29 is 14.3 Å². The minimum Gasteiger partial charge on any atom is -0.493 e. The van der Waals surface area contributed by atoms with Gasteiger partial charge in [0.2, 0.25) is 5.91 Å². The molecule has 1 heterocycles. The molecule has 0 saturated heterocycles. The molecule has 2 atom stereocenters. The third-order valence-corrected chi connectivity index (χ3v) is 4.82. The van der Waals surface area contributed by atoms with Crippen molar-refractivity contribution in [3.8, 4) is 11.5 Å². The number of H-pyrrole nitrogens is 1. The van der Waals surface area contributed by atoms with Crippen LogP contribution in [-0.2, 0) is 4.79 Å². The standard InChI is InChI=1S/C22H27N3O3/c1-14(23)11-21(26)25-13-18(16-8-6-10-20(27-2)22(16)28-3)17-12-24-19-9-5-4-7-15(17)19/h4-10,12,14,18,24H,11,13,23H2,1-3H3,(H,25,26). The number of para-hydroxylation sites is 2. The molecule has 6 nitrogen and oxygen atoms in total. The maximum atomic E-state index is 12.2. The van der Waals surface area contributed by atoms with Crippen LogP contribution in [-0.4, -0.2) is 37.7 Å². The van der Waals surface area contributed by atoms with E-state index < -0.39 is 0 Å². The highest BCUT2D eigenvalue weighted by molar-refractivity contribution is 5.84. The van der Waals surface area contributed by atoms with E-state index in [4.69, 9.17) is 15.2 Å². The number of nitrogens with two attached hydrogens (primary N) is 1. The van der Waals surface area contributed by atoms with Gasteiger partial charge in [-0.2, -0.15) is 0 Å². The molecule has 4 N–H and O–H groups in total. The molecule has 1 aromatic heterocycles. The van der Waals surface area contributed by atoms with Crippen LogP contribution in [0.5, 0.6) is 11.5 Å². The normalized spacial score (nSPS) is 13.1. The predicted molar refractivity (Wildman–Crippen MR) is 111 cm³/mol. The Balaban J connectivity index is 2.04. The quantitative estimate of drug-likeness (QED) is 0.559. The fourth-order valence-corrected chi connectivity index (χ4v) is 3.54. The molecule has 28 heavy (non-hydrogen) atoms. The lowest BCUT2D eigenvalue weighted by Gasteiger charge is -2.22. The molecule has 0 fully saturated rings. The van der Waals surface area contributed by atoms with Gasteiger partial charge in [0.05, 0.1) is 14.2 Å². The molecule has 2 unspecified atom stereocenters. The SMILES string of the molecule is COc1cccc(C(CNC(=O)CC(C)N)c2c[nH]c3ccccc23)c1OC. The summed E-state index contributed by atoms with van der Waals surface area (Å²) in [6.45, 7) is 2.25. The molecule has 0 aliphatic carbocycles. The van der Waals surface area contributed by atoms with E-state index in [1.54, 1.807) is 14.2 Å². The maximum Gasteiger partial charge on any atom is 0.221 e. The van der Waals surface area contributed by atoms with E-state index in [2.05, 4.69) is 16.4 Å². The molecular weight excluding hydrogens is 354 g/mol. The van der Waals surface area contributed by atoms with Crippen molar-refractivity contribution in [1.29, 1.82) is 0 Å². The van der Waals surface area contributed by atoms with Crippen LogP contribution in [0.3, 0.4) is 0 Å². The number of methoxy groups -OCH3 is 2. The molecule has 0 saturated carbocycles. The van der Waals surface area contributed by atoms with Crippen molar-refractivity contribution in [3.63, 3.8) is 0 Å².